The molecule has 6 nitrogen and oxygen atoms in total. The number of aromatic nitrogens is 4. The highest BCUT2D eigenvalue weighted by Crippen LogP contribution is 2.31. The summed E-state index contributed by atoms with van der Waals surface area (Å²) in [5.74, 6) is 1.36. The third-order valence-corrected chi connectivity index (χ3v) is 4.53. The topological polar surface area (TPSA) is 64.9 Å². The van der Waals surface area contributed by atoms with Crippen LogP contribution in [0.2, 0.25) is 0 Å². The molecule has 0 radical (unpaired) electrons. The van der Waals surface area contributed by atoms with Crippen molar-refractivity contribution in [1.29, 1.82) is 0 Å². The van der Waals surface area contributed by atoms with Crippen molar-refractivity contribution in [2.24, 2.45) is 0 Å². The van der Waals surface area contributed by atoms with Crippen molar-refractivity contribution < 1.29 is 4.74 Å². The first-order valence-corrected chi connectivity index (χ1v) is 9.43. The minimum absolute atomic E-state index is 0.334. The van der Waals surface area contributed by atoms with Gasteiger partial charge in [-0.1, -0.05) is 6.07 Å². The van der Waals surface area contributed by atoms with E-state index in [4.69, 9.17) is 9.72 Å². The first kappa shape index (κ1) is 18.0. The number of benzene rings is 1. The second-order valence-electron chi connectivity index (χ2n) is 6.79. The largest absolute Gasteiger partial charge is 0.494 e. The zero-order valence-electron chi connectivity index (χ0n) is 16.3. The second kappa shape index (κ2) is 7.68. The van der Waals surface area contributed by atoms with E-state index in [2.05, 4.69) is 39.9 Å². The Morgan fingerprint density at radius 1 is 1.14 bits per heavy atom. The number of nitrogens with one attached hydrogen (secondary N) is 1. The van der Waals surface area contributed by atoms with Crippen LogP contribution in [0.4, 0.5) is 11.6 Å². The molecule has 28 heavy (non-hydrogen) atoms. The maximum absolute atomic E-state index is 5.56. The monoisotopic (exact) mass is 373 g/mol. The number of ether oxygens (including phenoxy) is 1. The fourth-order valence-corrected chi connectivity index (χ4v) is 3.26. The first-order chi connectivity index (χ1) is 13.7. The minimum Gasteiger partial charge on any atom is -0.494 e. The molecule has 0 fully saturated rings. The molecule has 0 aliphatic rings. The Bertz CT molecular complexity index is 1100. The first-order valence-electron chi connectivity index (χ1n) is 9.43. The van der Waals surface area contributed by atoms with E-state index in [-0.39, 0.29) is 0 Å². The van der Waals surface area contributed by atoms with Crippen LogP contribution in [0.25, 0.3) is 22.2 Å². The SMILES string of the molecule is CCOc1cccc(Nc2nccc(-c3cn(C(C)C)c4cnccc34)n2)c1. The summed E-state index contributed by atoms with van der Waals surface area (Å²) in [4.78, 5) is 13.4. The van der Waals surface area contributed by atoms with Crippen molar-refractivity contribution in [3.8, 4) is 17.0 Å². The van der Waals surface area contributed by atoms with Crippen LogP contribution >= 0.6 is 0 Å². The lowest BCUT2D eigenvalue weighted by Crippen LogP contribution is -1.99. The maximum atomic E-state index is 5.56. The lowest BCUT2D eigenvalue weighted by molar-refractivity contribution is 0.340. The van der Waals surface area contributed by atoms with Crippen LogP contribution in [0.5, 0.6) is 5.75 Å². The molecule has 4 rings (SSSR count). The number of hydrogen-bond acceptors (Lipinski definition) is 5. The normalized spacial score (nSPS) is 11.1. The average Bonchev–Trinajstić information content (AvgIpc) is 3.09. The van der Waals surface area contributed by atoms with Gasteiger partial charge in [-0.3, -0.25) is 4.98 Å². The summed E-state index contributed by atoms with van der Waals surface area (Å²) in [6.45, 7) is 6.92. The van der Waals surface area contributed by atoms with Gasteiger partial charge in [-0.15, -0.1) is 0 Å². The quantitative estimate of drug-likeness (QED) is 0.502. The van der Waals surface area contributed by atoms with Crippen molar-refractivity contribution in [1.82, 2.24) is 19.5 Å². The predicted molar refractivity (Wildman–Crippen MR) is 112 cm³/mol. The maximum Gasteiger partial charge on any atom is 0.227 e. The van der Waals surface area contributed by atoms with Crippen molar-refractivity contribution in [3.63, 3.8) is 0 Å². The Hall–Kier alpha value is -3.41. The van der Waals surface area contributed by atoms with Crippen LogP contribution in [0.3, 0.4) is 0 Å². The molecule has 3 heterocycles. The van der Waals surface area contributed by atoms with Gasteiger partial charge >= 0.3 is 0 Å². The molecule has 0 saturated heterocycles. The van der Waals surface area contributed by atoms with Crippen LogP contribution in [-0.2, 0) is 0 Å². The van der Waals surface area contributed by atoms with Gasteiger partial charge in [0.2, 0.25) is 5.95 Å². The molecule has 0 aliphatic heterocycles. The molecular formula is C22H23N5O. The van der Waals surface area contributed by atoms with E-state index in [0.717, 1.165) is 33.6 Å². The van der Waals surface area contributed by atoms with Gasteiger partial charge in [0.1, 0.15) is 5.75 Å². The second-order valence-corrected chi connectivity index (χ2v) is 6.79. The van der Waals surface area contributed by atoms with Crippen LogP contribution < -0.4 is 10.1 Å². The molecule has 3 aromatic heterocycles. The van der Waals surface area contributed by atoms with Crippen LogP contribution in [0, 0.1) is 0 Å². The van der Waals surface area contributed by atoms with Gasteiger partial charge in [0, 0.05) is 47.3 Å². The lowest BCUT2D eigenvalue weighted by Gasteiger charge is -2.09. The molecule has 142 valence electrons. The molecule has 0 saturated carbocycles. The van der Waals surface area contributed by atoms with Crippen molar-refractivity contribution in [3.05, 3.63) is 61.2 Å². The van der Waals surface area contributed by atoms with Gasteiger partial charge in [-0.2, -0.15) is 0 Å². The molecule has 6 heteroatoms. The van der Waals surface area contributed by atoms with Crippen molar-refractivity contribution >= 4 is 22.5 Å². The molecule has 0 unspecified atom stereocenters. The van der Waals surface area contributed by atoms with E-state index in [1.165, 1.54) is 0 Å². The Morgan fingerprint density at radius 2 is 2.04 bits per heavy atom. The average molecular weight is 373 g/mol. The predicted octanol–water partition coefficient (Wildman–Crippen LogP) is 5.22. The third-order valence-electron chi connectivity index (χ3n) is 4.53. The molecule has 0 amide bonds. The zero-order chi connectivity index (χ0) is 19.5. The summed E-state index contributed by atoms with van der Waals surface area (Å²) in [5.41, 5.74) is 3.93. The van der Waals surface area contributed by atoms with Gasteiger partial charge in [0.05, 0.1) is 24.0 Å². The number of hydrogen-bond donors (Lipinski definition) is 1. The highest BCUT2D eigenvalue weighted by Gasteiger charge is 2.14. The van der Waals surface area contributed by atoms with E-state index in [9.17, 15) is 0 Å². The Morgan fingerprint density at radius 3 is 2.86 bits per heavy atom. The molecule has 0 atom stereocenters. The number of anilines is 2. The summed E-state index contributed by atoms with van der Waals surface area (Å²) in [6.07, 6.45) is 7.63. The molecule has 0 bridgehead atoms. The summed E-state index contributed by atoms with van der Waals surface area (Å²) in [5, 5.41) is 4.40. The van der Waals surface area contributed by atoms with Gasteiger partial charge < -0.3 is 14.6 Å². The molecule has 0 spiro atoms. The standard InChI is InChI=1S/C22H23N5O/c1-4-28-17-7-5-6-16(12-17)25-22-24-11-9-20(26-22)19-14-27(15(2)3)21-13-23-10-8-18(19)21/h5-15H,4H2,1-3H3,(H,24,25,26). The Kier molecular flexibility index (Phi) is 4.93. The van der Waals surface area contributed by atoms with E-state index in [0.29, 0.717) is 18.6 Å². The smallest absolute Gasteiger partial charge is 0.227 e. The summed E-state index contributed by atoms with van der Waals surface area (Å²) in [6, 6.07) is 12.1. The van der Waals surface area contributed by atoms with Gasteiger partial charge in [-0.05, 0) is 45.0 Å². The molecular weight excluding hydrogens is 350 g/mol. The molecule has 0 aliphatic carbocycles. The fourth-order valence-electron chi connectivity index (χ4n) is 3.26. The minimum atomic E-state index is 0.334. The number of nitrogens with zero attached hydrogens (tertiary/aromatic N) is 4. The van der Waals surface area contributed by atoms with Gasteiger partial charge in [0.25, 0.3) is 0 Å². The van der Waals surface area contributed by atoms with Crippen LogP contribution in [-0.4, -0.2) is 26.1 Å². The highest BCUT2D eigenvalue weighted by atomic mass is 16.5. The number of pyridine rings is 1. The van der Waals surface area contributed by atoms with Crippen molar-refractivity contribution in [2.75, 3.05) is 11.9 Å². The fraction of sp³-hybridized carbons (Fsp3) is 0.227. The number of fused-ring (bicyclic) bond motifs is 1. The van der Waals surface area contributed by atoms with Crippen LogP contribution in [0.15, 0.2) is 61.2 Å². The van der Waals surface area contributed by atoms with Gasteiger partial charge in [0.15, 0.2) is 0 Å². The highest BCUT2D eigenvalue weighted by molar-refractivity contribution is 5.94. The molecule has 4 aromatic rings. The summed E-state index contributed by atoms with van der Waals surface area (Å²) >= 11 is 0. The van der Waals surface area contributed by atoms with Gasteiger partial charge in [-0.25, -0.2) is 9.97 Å². The molecule has 1 aromatic carbocycles. The van der Waals surface area contributed by atoms with E-state index in [1.54, 1.807) is 6.20 Å². The lowest BCUT2D eigenvalue weighted by atomic mass is 10.1. The zero-order valence-corrected chi connectivity index (χ0v) is 16.3. The molecule has 1 N–H and O–H groups in total. The summed E-state index contributed by atoms with van der Waals surface area (Å²) in [7, 11) is 0. The summed E-state index contributed by atoms with van der Waals surface area (Å²) < 4.78 is 7.78. The Balaban J connectivity index is 1.70. The van der Waals surface area contributed by atoms with Crippen LogP contribution in [0.1, 0.15) is 26.8 Å². The number of rotatable bonds is 6. The van der Waals surface area contributed by atoms with E-state index < -0.39 is 0 Å². The van der Waals surface area contributed by atoms with E-state index in [1.807, 2.05) is 55.7 Å². The van der Waals surface area contributed by atoms with Crippen molar-refractivity contribution in [2.45, 2.75) is 26.8 Å². The third kappa shape index (κ3) is 3.53. The Labute approximate surface area is 164 Å². The van der Waals surface area contributed by atoms with E-state index >= 15 is 0 Å².